The molecule has 0 amide bonds. The molecule has 3 aromatic heterocycles. The third-order valence-electron chi connectivity index (χ3n) is 7.81. The fourth-order valence-electron chi connectivity index (χ4n) is 6.52. The zero-order chi connectivity index (χ0) is 22.0. The van der Waals surface area contributed by atoms with Crippen LogP contribution in [0, 0.1) is 0 Å². The number of nitrogens with zero attached hydrogens (tertiary/aromatic N) is 1. The van der Waals surface area contributed by atoms with Gasteiger partial charge in [-0.25, -0.2) is 0 Å². The molecular formula is C32H18N2. The van der Waals surface area contributed by atoms with Crippen LogP contribution in [-0.4, -0.2) is 9.38 Å². The minimum absolute atomic E-state index is 1.18. The van der Waals surface area contributed by atoms with E-state index in [2.05, 4.69) is 113 Å². The second kappa shape index (κ2) is 5.67. The molecule has 3 heterocycles. The average molecular weight is 431 g/mol. The van der Waals surface area contributed by atoms with Crippen molar-refractivity contribution < 1.29 is 0 Å². The Morgan fingerprint density at radius 1 is 0.412 bits per heavy atom. The first-order valence-corrected chi connectivity index (χ1v) is 11.8. The van der Waals surface area contributed by atoms with Gasteiger partial charge in [0.05, 0.1) is 22.1 Å². The lowest BCUT2D eigenvalue weighted by Crippen LogP contribution is -1.86. The van der Waals surface area contributed by atoms with Crippen molar-refractivity contribution >= 4 is 81.4 Å². The zero-order valence-corrected chi connectivity index (χ0v) is 18.3. The van der Waals surface area contributed by atoms with Crippen LogP contribution < -0.4 is 0 Å². The summed E-state index contributed by atoms with van der Waals surface area (Å²) in [7, 11) is 0. The van der Waals surface area contributed by atoms with E-state index in [1.165, 1.54) is 81.4 Å². The first kappa shape index (κ1) is 17.0. The van der Waals surface area contributed by atoms with Crippen LogP contribution >= 0.6 is 0 Å². The molecule has 0 fully saturated rings. The topological polar surface area (TPSA) is 20.2 Å². The van der Waals surface area contributed by atoms with Crippen LogP contribution in [0.4, 0.5) is 0 Å². The highest BCUT2D eigenvalue weighted by Gasteiger charge is 2.23. The van der Waals surface area contributed by atoms with Gasteiger partial charge in [0.1, 0.15) is 0 Å². The Bertz CT molecular complexity index is 2280. The van der Waals surface area contributed by atoms with Crippen molar-refractivity contribution in [1.29, 1.82) is 0 Å². The van der Waals surface area contributed by atoms with Crippen LogP contribution in [-0.2, 0) is 0 Å². The van der Waals surface area contributed by atoms with Crippen molar-refractivity contribution in [2.24, 2.45) is 0 Å². The molecule has 9 aromatic rings. The minimum atomic E-state index is 1.18. The first-order valence-electron chi connectivity index (χ1n) is 11.8. The molecule has 0 saturated carbocycles. The maximum absolute atomic E-state index is 3.83. The Hall–Kier alpha value is -4.56. The predicted octanol–water partition coefficient (Wildman–Crippen LogP) is 8.78. The molecule has 0 unspecified atom stereocenters. The largest absolute Gasteiger partial charge is 0.353 e. The van der Waals surface area contributed by atoms with Gasteiger partial charge < -0.3 is 9.38 Å². The summed E-state index contributed by atoms with van der Waals surface area (Å²) in [5, 5.41) is 13.1. The normalized spacial score (nSPS) is 12.7. The number of rotatable bonds is 0. The molecule has 1 N–H and O–H groups in total. The summed E-state index contributed by atoms with van der Waals surface area (Å²) in [5.41, 5.74) is 6.31. The van der Waals surface area contributed by atoms with E-state index < -0.39 is 0 Å². The summed E-state index contributed by atoms with van der Waals surface area (Å²) in [4.78, 5) is 3.83. The highest BCUT2D eigenvalue weighted by atomic mass is 14.9. The van der Waals surface area contributed by atoms with E-state index in [0.717, 1.165) is 0 Å². The van der Waals surface area contributed by atoms with Crippen molar-refractivity contribution in [3.05, 3.63) is 103 Å². The SMILES string of the molecule is c1ccc2c(c1)ccc1c3cccc4c5c6ccccc6c6c7ccccc7[nH]c6c5n(c21)c34. The molecule has 0 atom stereocenters. The molecular weight excluding hydrogens is 412 g/mol. The van der Waals surface area contributed by atoms with Crippen LogP contribution in [0.15, 0.2) is 103 Å². The lowest BCUT2D eigenvalue weighted by atomic mass is 9.97. The van der Waals surface area contributed by atoms with Gasteiger partial charge in [-0.1, -0.05) is 97.1 Å². The number of fused-ring (bicyclic) bond motifs is 15. The number of aromatic nitrogens is 2. The highest BCUT2D eigenvalue weighted by Crippen LogP contribution is 2.47. The molecule has 156 valence electrons. The van der Waals surface area contributed by atoms with Crippen molar-refractivity contribution in [3.63, 3.8) is 0 Å². The third-order valence-corrected chi connectivity index (χ3v) is 7.81. The third kappa shape index (κ3) is 1.79. The quantitative estimate of drug-likeness (QED) is 0.248. The number of benzene rings is 6. The number of para-hydroxylation sites is 2. The number of hydrogen-bond acceptors (Lipinski definition) is 0. The molecule has 2 heteroatoms. The summed E-state index contributed by atoms with van der Waals surface area (Å²) in [6.07, 6.45) is 0. The maximum Gasteiger partial charge on any atom is 0.0790 e. The molecule has 2 nitrogen and oxygen atoms in total. The van der Waals surface area contributed by atoms with E-state index in [0.29, 0.717) is 0 Å². The molecule has 0 aliphatic heterocycles. The van der Waals surface area contributed by atoms with Gasteiger partial charge in [0.15, 0.2) is 0 Å². The molecule has 0 saturated heterocycles. The van der Waals surface area contributed by atoms with Gasteiger partial charge in [0.2, 0.25) is 0 Å². The predicted molar refractivity (Wildman–Crippen MR) is 145 cm³/mol. The average Bonchev–Trinajstić information content (AvgIpc) is 3.55. The second-order valence-electron chi connectivity index (χ2n) is 9.41. The highest BCUT2D eigenvalue weighted by molar-refractivity contribution is 6.39. The Labute approximate surface area is 194 Å². The molecule has 0 bridgehead atoms. The van der Waals surface area contributed by atoms with Gasteiger partial charge in [-0.15, -0.1) is 0 Å². The standard InChI is InChI=1S/C32H18N2/c1-2-9-19-18(8-1)16-17-23-22-13-7-14-25-28-21-11-4-3-10-20(21)27-24-12-5-6-15-26(24)33-29(27)32(28)34(30(19)23)31(22)25/h1-17,33H. The Morgan fingerprint density at radius 3 is 1.91 bits per heavy atom. The van der Waals surface area contributed by atoms with Crippen molar-refractivity contribution in [1.82, 2.24) is 9.38 Å². The summed E-state index contributed by atoms with van der Waals surface area (Å²) in [6, 6.07) is 37.7. The number of hydrogen-bond donors (Lipinski definition) is 1. The van der Waals surface area contributed by atoms with Crippen LogP contribution in [0.3, 0.4) is 0 Å². The van der Waals surface area contributed by atoms with E-state index in [-0.39, 0.29) is 0 Å². The molecule has 0 spiro atoms. The second-order valence-corrected chi connectivity index (χ2v) is 9.41. The fraction of sp³-hybridized carbons (Fsp3) is 0. The van der Waals surface area contributed by atoms with E-state index in [9.17, 15) is 0 Å². The van der Waals surface area contributed by atoms with Crippen molar-refractivity contribution in [2.75, 3.05) is 0 Å². The van der Waals surface area contributed by atoms with Gasteiger partial charge in [-0.05, 0) is 22.2 Å². The van der Waals surface area contributed by atoms with Gasteiger partial charge in [0.25, 0.3) is 0 Å². The fourth-order valence-corrected chi connectivity index (χ4v) is 6.52. The first-order chi connectivity index (χ1) is 16.9. The lowest BCUT2D eigenvalue weighted by molar-refractivity contribution is 1.38. The molecule has 34 heavy (non-hydrogen) atoms. The Balaban J connectivity index is 1.75. The number of H-pyrrole nitrogens is 1. The smallest absolute Gasteiger partial charge is 0.0790 e. The molecule has 9 rings (SSSR count). The van der Waals surface area contributed by atoms with E-state index in [1.807, 2.05) is 0 Å². The van der Waals surface area contributed by atoms with Crippen LogP contribution in [0.5, 0.6) is 0 Å². The molecule has 0 radical (unpaired) electrons. The lowest BCUT2D eigenvalue weighted by Gasteiger charge is -2.07. The summed E-state index contributed by atoms with van der Waals surface area (Å²) >= 11 is 0. The van der Waals surface area contributed by atoms with Gasteiger partial charge in [-0.2, -0.15) is 0 Å². The summed E-state index contributed by atoms with van der Waals surface area (Å²) < 4.78 is 2.54. The van der Waals surface area contributed by atoms with Crippen molar-refractivity contribution in [2.45, 2.75) is 0 Å². The molecule has 6 aromatic carbocycles. The summed E-state index contributed by atoms with van der Waals surface area (Å²) in [6.45, 7) is 0. The van der Waals surface area contributed by atoms with Crippen LogP contribution in [0.1, 0.15) is 0 Å². The Kier molecular flexibility index (Phi) is 2.83. The van der Waals surface area contributed by atoms with Gasteiger partial charge in [-0.3, -0.25) is 0 Å². The molecule has 0 aliphatic carbocycles. The Morgan fingerprint density at radius 2 is 1.03 bits per heavy atom. The zero-order valence-electron chi connectivity index (χ0n) is 18.3. The minimum Gasteiger partial charge on any atom is -0.353 e. The van der Waals surface area contributed by atoms with Crippen LogP contribution in [0.25, 0.3) is 81.4 Å². The van der Waals surface area contributed by atoms with Gasteiger partial charge >= 0.3 is 0 Å². The van der Waals surface area contributed by atoms with Crippen LogP contribution in [0.2, 0.25) is 0 Å². The van der Waals surface area contributed by atoms with E-state index >= 15 is 0 Å². The monoisotopic (exact) mass is 430 g/mol. The van der Waals surface area contributed by atoms with E-state index in [4.69, 9.17) is 0 Å². The molecule has 0 aliphatic rings. The van der Waals surface area contributed by atoms with E-state index in [1.54, 1.807) is 0 Å². The van der Waals surface area contributed by atoms with Crippen molar-refractivity contribution in [3.8, 4) is 0 Å². The maximum atomic E-state index is 3.83. The number of nitrogens with one attached hydrogen (secondary N) is 1. The van der Waals surface area contributed by atoms with Gasteiger partial charge in [0, 0.05) is 43.2 Å². The number of aromatic amines is 1. The summed E-state index contributed by atoms with van der Waals surface area (Å²) in [5.74, 6) is 0.